The van der Waals surface area contributed by atoms with Gasteiger partial charge in [-0.2, -0.15) is 5.26 Å². The van der Waals surface area contributed by atoms with Crippen LogP contribution in [0, 0.1) is 11.3 Å². The minimum absolute atomic E-state index is 0.119. The van der Waals surface area contributed by atoms with Gasteiger partial charge in [0.25, 0.3) is 0 Å². The van der Waals surface area contributed by atoms with Gasteiger partial charge < -0.3 is 5.73 Å². The van der Waals surface area contributed by atoms with E-state index in [0.29, 0.717) is 5.56 Å². The monoisotopic (exact) mass is 234 g/mol. The molecule has 1 aliphatic carbocycles. The Morgan fingerprint density at radius 2 is 1.72 bits per heavy atom. The maximum Gasteiger partial charge on any atom is 0.0991 e. The number of nitrogens with two attached hydrogens (primary N) is 1. The Morgan fingerprint density at radius 3 is 2.50 bits per heavy atom. The van der Waals surface area contributed by atoms with Crippen LogP contribution in [-0.4, -0.2) is 0 Å². The van der Waals surface area contributed by atoms with E-state index in [1.165, 1.54) is 16.7 Å². The first-order chi connectivity index (χ1) is 8.79. The van der Waals surface area contributed by atoms with E-state index in [1.54, 1.807) is 0 Å². The van der Waals surface area contributed by atoms with E-state index in [-0.39, 0.29) is 6.04 Å². The molecule has 2 nitrogen and oxygen atoms in total. The summed E-state index contributed by atoms with van der Waals surface area (Å²) < 4.78 is 0. The van der Waals surface area contributed by atoms with Gasteiger partial charge in [-0.15, -0.1) is 0 Å². The summed E-state index contributed by atoms with van der Waals surface area (Å²) in [5.41, 5.74) is 11.9. The molecule has 0 amide bonds. The standard InChI is InChI=1S/C16H14N2/c17-10-11-5-6-13-8-7-12-3-1-2-4-14(12)16(18)15(13)9-11/h1-6,9,16H,7-8,18H2. The zero-order valence-corrected chi connectivity index (χ0v) is 10.1. The fourth-order valence-corrected chi connectivity index (χ4v) is 2.68. The highest BCUT2D eigenvalue weighted by molar-refractivity contribution is 5.47. The topological polar surface area (TPSA) is 49.8 Å². The van der Waals surface area contributed by atoms with Crippen molar-refractivity contribution in [2.45, 2.75) is 18.9 Å². The Kier molecular flexibility index (Phi) is 2.62. The van der Waals surface area contributed by atoms with Crippen molar-refractivity contribution in [2.75, 3.05) is 0 Å². The van der Waals surface area contributed by atoms with Crippen molar-refractivity contribution in [1.29, 1.82) is 5.26 Å². The van der Waals surface area contributed by atoms with Crippen molar-refractivity contribution in [2.24, 2.45) is 5.73 Å². The van der Waals surface area contributed by atoms with Crippen LogP contribution < -0.4 is 5.73 Å². The van der Waals surface area contributed by atoms with Crippen LogP contribution in [0.25, 0.3) is 0 Å². The quantitative estimate of drug-likeness (QED) is 0.762. The van der Waals surface area contributed by atoms with Crippen LogP contribution in [0.15, 0.2) is 42.5 Å². The molecule has 2 N–H and O–H groups in total. The molecule has 0 saturated heterocycles. The first-order valence-electron chi connectivity index (χ1n) is 6.16. The lowest BCUT2D eigenvalue weighted by atomic mass is 9.94. The summed E-state index contributed by atoms with van der Waals surface area (Å²) >= 11 is 0. The highest BCUT2D eigenvalue weighted by Crippen LogP contribution is 2.31. The van der Waals surface area contributed by atoms with Crippen LogP contribution >= 0.6 is 0 Å². The number of rotatable bonds is 0. The smallest absolute Gasteiger partial charge is 0.0991 e. The third-order valence-corrected chi connectivity index (χ3v) is 3.66. The molecule has 0 heterocycles. The fraction of sp³-hybridized carbons (Fsp3) is 0.188. The lowest BCUT2D eigenvalue weighted by Gasteiger charge is -2.15. The SMILES string of the molecule is N#Cc1ccc2c(c1)C(N)c1ccccc1CC2. The van der Waals surface area contributed by atoms with Crippen LogP contribution in [-0.2, 0) is 12.8 Å². The third kappa shape index (κ3) is 1.70. The Balaban J connectivity index is 2.18. The summed E-state index contributed by atoms with van der Waals surface area (Å²) in [6.45, 7) is 0. The number of aryl methyl sites for hydroxylation is 2. The molecule has 0 spiro atoms. The maximum atomic E-state index is 9.00. The van der Waals surface area contributed by atoms with E-state index in [2.05, 4.69) is 24.3 Å². The average molecular weight is 234 g/mol. The van der Waals surface area contributed by atoms with Crippen LogP contribution in [0.5, 0.6) is 0 Å². The predicted octanol–water partition coefficient (Wildman–Crippen LogP) is 2.70. The Labute approximate surface area is 107 Å². The van der Waals surface area contributed by atoms with Gasteiger partial charge in [0.05, 0.1) is 17.7 Å². The van der Waals surface area contributed by atoms with Gasteiger partial charge in [0.15, 0.2) is 0 Å². The zero-order valence-electron chi connectivity index (χ0n) is 10.1. The second-order valence-corrected chi connectivity index (χ2v) is 4.70. The van der Waals surface area contributed by atoms with Crippen LogP contribution in [0.1, 0.15) is 33.9 Å². The second kappa shape index (κ2) is 4.29. The van der Waals surface area contributed by atoms with Crippen molar-refractivity contribution in [3.05, 3.63) is 70.3 Å². The molecule has 1 atom stereocenters. The largest absolute Gasteiger partial charge is 0.320 e. The molecular weight excluding hydrogens is 220 g/mol. The van der Waals surface area contributed by atoms with Crippen molar-refractivity contribution in [3.63, 3.8) is 0 Å². The average Bonchev–Trinajstić information content (AvgIpc) is 2.57. The van der Waals surface area contributed by atoms with Gasteiger partial charge in [0.2, 0.25) is 0 Å². The molecule has 3 rings (SSSR count). The van der Waals surface area contributed by atoms with Gasteiger partial charge in [-0.05, 0) is 47.2 Å². The highest BCUT2D eigenvalue weighted by Gasteiger charge is 2.20. The van der Waals surface area contributed by atoms with E-state index >= 15 is 0 Å². The van der Waals surface area contributed by atoms with Crippen molar-refractivity contribution >= 4 is 0 Å². The van der Waals surface area contributed by atoms with Crippen molar-refractivity contribution in [3.8, 4) is 6.07 Å². The Hall–Kier alpha value is -2.11. The van der Waals surface area contributed by atoms with Crippen molar-refractivity contribution in [1.82, 2.24) is 0 Å². The molecule has 2 aromatic carbocycles. The zero-order chi connectivity index (χ0) is 12.5. The number of hydrogen-bond donors (Lipinski definition) is 1. The molecule has 2 aromatic rings. The molecule has 0 aliphatic heterocycles. The van der Waals surface area contributed by atoms with E-state index in [4.69, 9.17) is 11.0 Å². The molecule has 2 heteroatoms. The fourth-order valence-electron chi connectivity index (χ4n) is 2.68. The minimum Gasteiger partial charge on any atom is -0.320 e. The van der Waals surface area contributed by atoms with E-state index in [9.17, 15) is 0 Å². The van der Waals surface area contributed by atoms with E-state index in [1.807, 2.05) is 24.3 Å². The molecule has 0 aromatic heterocycles. The number of nitrogens with zero attached hydrogens (tertiary/aromatic N) is 1. The van der Waals surface area contributed by atoms with Crippen LogP contribution in [0.4, 0.5) is 0 Å². The molecular formula is C16H14N2. The second-order valence-electron chi connectivity index (χ2n) is 4.70. The summed E-state index contributed by atoms with van der Waals surface area (Å²) in [6.07, 6.45) is 2.01. The first kappa shape index (κ1) is 11.0. The highest BCUT2D eigenvalue weighted by atomic mass is 14.6. The van der Waals surface area contributed by atoms with Crippen LogP contribution in [0.2, 0.25) is 0 Å². The normalized spacial score (nSPS) is 17.2. The first-order valence-corrected chi connectivity index (χ1v) is 6.16. The van der Waals surface area contributed by atoms with Crippen molar-refractivity contribution < 1.29 is 0 Å². The molecule has 18 heavy (non-hydrogen) atoms. The number of nitriles is 1. The van der Waals surface area contributed by atoms with Gasteiger partial charge in [-0.3, -0.25) is 0 Å². The van der Waals surface area contributed by atoms with E-state index in [0.717, 1.165) is 18.4 Å². The summed E-state index contributed by atoms with van der Waals surface area (Å²) in [4.78, 5) is 0. The summed E-state index contributed by atoms with van der Waals surface area (Å²) in [5, 5.41) is 9.00. The van der Waals surface area contributed by atoms with Gasteiger partial charge in [-0.25, -0.2) is 0 Å². The molecule has 1 unspecified atom stereocenters. The Morgan fingerprint density at radius 1 is 1.00 bits per heavy atom. The Bertz CT molecular complexity index is 638. The summed E-state index contributed by atoms with van der Waals surface area (Å²) in [5.74, 6) is 0. The molecule has 0 radical (unpaired) electrons. The molecule has 88 valence electrons. The minimum atomic E-state index is -0.119. The molecule has 1 aliphatic rings. The van der Waals surface area contributed by atoms with Gasteiger partial charge in [0.1, 0.15) is 0 Å². The van der Waals surface area contributed by atoms with E-state index < -0.39 is 0 Å². The number of fused-ring (bicyclic) bond motifs is 2. The third-order valence-electron chi connectivity index (χ3n) is 3.66. The van der Waals surface area contributed by atoms with Gasteiger partial charge in [-0.1, -0.05) is 30.3 Å². The van der Waals surface area contributed by atoms with Crippen LogP contribution in [0.3, 0.4) is 0 Å². The van der Waals surface area contributed by atoms with Gasteiger partial charge in [0, 0.05) is 0 Å². The predicted molar refractivity (Wildman–Crippen MR) is 71.0 cm³/mol. The summed E-state index contributed by atoms with van der Waals surface area (Å²) in [6, 6.07) is 16.2. The molecule has 0 saturated carbocycles. The molecule has 0 fully saturated rings. The maximum absolute atomic E-state index is 9.00. The number of hydrogen-bond acceptors (Lipinski definition) is 2. The molecule has 0 bridgehead atoms. The van der Waals surface area contributed by atoms with Gasteiger partial charge >= 0.3 is 0 Å². The lowest BCUT2D eigenvalue weighted by Crippen LogP contribution is -2.13. The lowest BCUT2D eigenvalue weighted by molar-refractivity contribution is 0.863. The summed E-state index contributed by atoms with van der Waals surface area (Å²) in [7, 11) is 0. The number of benzene rings is 2.